The van der Waals surface area contributed by atoms with Crippen LogP contribution in [-0.2, 0) is 6.42 Å². The highest BCUT2D eigenvalue weighted by molar-refractivity contribution is 5.38. The number of nitrogens with one attached hydrogen (secondary N) is 1. The van der Waals surface area contributed by atoms with Crippen LogP contribution in [0.4, 0.5) is 4.39 Å². The first kappa shape index (κ1) is 15.3. The highest BCUT2D eigenvalue weighted by atomic mass is 19.1. The van der Waals surface area contributed by atoms with Crippen molar-refractivity contribution in [3.05, 3.63) is 59.4 Å². The summed E-state index contributed by atoms with van der Waals surface area (Å²) < 4.78 is 24.6. The molecule has 4 nitrogen and oxygen atoms in total. The number of halogens is 1. The van der Waals surface area contributed by atoms with E-state index in [1.54, 1.807) is 25.3 Å². The average Bonchev–Trinajstić information content (AvgIpc) is 2.54. The molecular formula is C16H19FN2O2. The van der Waals surface area contributed by atoms with Gasteiger partial charge in [-0.25, -0.2) is 4.39 Å². The second-order valence-corrected chi connectivity index (χ2v) is 4.60. The molecule has 0 aromatic heterocycles. The van der Waals surface area contributed by atoms with Crippen LogP contribution in [0.3, 0.4) is 0 Å². The van der Waals surface area contributed by atoms with Gasteiger partial charge in [-0.2, -0.15) is 0 Å². The Morgan fingerprint density at radius 2 is 1.71 bits per heavy atom. The average molecular weight is 290 g/mol. The first-order chi connectivity index (χ1) is 10.2. The molecule has 0 spiro atoms. The molecule has 21 heavy (non-hydrogen) atoms. The van der Waals surface area contributed by atoms with Crippen molar-refractivity contribution in [1.82, 2.24) is 5.43 Å². The summed E-state index contributed by atoms with van der Waals surface area (Å²) in [4.78, 5) is 0. The SMILES string of the molecule is COc1ccccc1C(Cc1cccc(OC)c1F)NN. The Labute approximate surface area is 123 Å². The van der Waals surface area contributed by atoms with Crippen molar-refractivity contribution in [2.75, 3.05) is 14.2 Å². The largest absolute Gasteiger partial charge is 0.496 e. The molecule has 0 aliphatic heterocycles. The Balaban J connectivity index is 2.31. The number of nitrogens with two attached hydrogens (primary N) is 1. The van der Waals surface area contributed by atoms with Gasteiger partial charge in [0.15, 0.2) is 11.6 Å². The molecule has 1 atom stereocenters. The lowest BCUT2D eigenvalue weighted by atomic mass is 9.98. The fourth-order valence-corrected chi connectivity index (χ4v) is 2.30. The van der Waals surface area contributed by atoms with Crippen LogP contribution in [0, 0.1) is 5.82 Å². The van der Waals surface area contributed by atoms with Crippen molar-refractivity contribution in [3.8, 4) is 11.5 Å². The zero-order chi connectivity index (χ0) is 15.2. The molecular weight excluding hydrogens is 271 g/mol. The molecule has 0 aliphatic carbocycles. The molecule has 0 saturated heterocycles. The number of hydrogen-bond donors (Lipinski definition) is 2. The first-order valence-electron chi connectivity index (χ1n) is 6.61. The molecule has 1 unspecified atom stereocenters. The van der Waals surface area contributed by atoms with E-state index in [0.717, 1.165) is 5.56 Å². The molecule has 0 bridgehead atoms. The van der Waals surface area contributed by atoms with Gasteiger partial charge < -0.3 is 9.47 Å². The minimum atomic E-state index is -0.366. The lowest BCUT2D eigenvalue weighted by Crippen LogP contribution is -2.30. The maximum absolute atomic E-state index is 14.2. The predicted molar refractivity (Wildman–Crippen MR) is 79.7 cm³/mol. The fourth-order valence-electron chi connectivity index (χ4n) is 2.30. The second kappa shape index (κ2) is 7.06. The van der Waals surface area contributed by atoms with Gasteiger partial charge in [0, 0.05) is 5.56 Å². The number of para-hydroxylation sites is 1. The molecule has 2 rings (SSSR count). The Morgan fingerprint density at radius 3 is 2.38 bits per heavy atom. The van der Waals surface area contributed by atoms with Crippen LogP contribution in [0.1, 0.15) is 17.2 Å². The van der Waals surface area contributed by atoms with E-state index in [1.807, 2.05) is 24.3 Å². The van der Waals surface area contributed by atoms with Crippen molar-refractivity contribution in [2.24, 2.45) is 5.84 Å². The summed E-state index contributed by atoms with van der Waals surface area (Å²) in [5.74, 6) is 6.21. The summed E-state index contributed by atoms with van der Waals surface area (Å²) in [5, 5.41) is 0. The van der Waals surface area contributed by atoms with Crippen LogP contribution in [0.25, 0.3) is 0 Å². The van der Waals surface area contributed by atoms with Gasteiger partial charge in [-0.3, -0.25) is 11.3 Å². The first-order valence-corrected chi connectivity index (χ1v) is 6.61. The van der Waals surface area contributed by atoms with E-state index in [9.17, 15) is 4.39 Å². The quantitative estimate of drug-likeness (QED) is 0.634. The Kier molecular flexibility index (Phi) is 5.14. The van der Waals surface area contributed by atoms with Gasteiger partial charge in [0.25, 0.3) is 0 Å². The van der Waals surface area contributed by atoms with E-state index in [2.05, 4.69) is 5.43 Å². The third-order valence-corrected chi connectivity index (χ3v) is 3.40. The van der Waals surface area contributed by atoms with E-state index in [-0.39, 0.29) is 17.6 Å². The Hall–Kier alpha value is -2.11. The van der Waals surface area contributed by atoms with Crippen LogP contribution in [-0.4, -0.2) is 14.2 Å². The number of hydrazine groups is 1. The lowest BCUT2D eigenvalue weighted by molar-refractivity contribution is 0.380. The third-order valence-electron chi connectivity index (χ3n) is 3.40. The van der Waals surface area contributed by atoms with Gasteiger partial charge >= 0.3 is 0 Å². The molecule has 0 aliphatic rings. The van der Waals surface area contributed by atoms with Gasteiger partial charge in [0.1, 0.15) is 5.75 Å². The zero-order valence-corrected chi connectivity index (χ0v) is 12.1. The molecule has 0 fully saturated rings. The number of ether oxygens (including phenoxy) is 2. The highest BCUT2D eigenvalue weighted by Crippen LogP contribution is 2.29. The molecule has 0 radical (unpaired) electrons. The van der Waals surface area contributed by atoms with Crippen LogP contribution >= 0.6 is 0 Å². The van der Waals surface area contributed by atoms with Crippen LogP contribution in [0.15, 0.2) is 42.5 Å². The van der Waals surface area contributed by atoms with E-state index < -0.39 is 0 Å². The van der Waals surface area contributed by atoms with Gasteiger partial charge in [0.05, 0.1) is 20.3 Å². The number of methoxy groups -OCH3 is 2. The molecule has 2 aromatic rings. The highest BCUT2D eigenvalue weighted by Gasteiger charge is 2.18. The minimum Gasteiger partial charge on any atom is -0.496 e. The summed E-state index contributed by atoms with van der Waals surface area (Å²) in [6.07, 6.45) is 0.389. The smallest absolute Gasteiger partial charge is 0.168 e. The van der Waals surface area contributed by atoms with Gasteiger partial charge in [-0.05, 0) is 24.1 Å². The van der Waals surface area contributed by atoms with Crippen molar-refractivity contribution in [2.45, 2.75) is 12.5 Å². The van der Waals surface area contributed by atoms with E-state index in [0.29, 0.717) is 17.7 Å². The second-order valence-electron chi connectivity index (χ2n) is 4.60. The molecule has 112 valence electrons. The summed E-state index contributed by atoms with van der Waals surface area (Å²) in [6.45, 7) is 0. The monoisotopic (exact) mass is 290 g/mol. The van der Waals surface area contributed by atoms with Crippen LogP contribution < -0.4 is 20.7 Å². The minimum absolute atomic E-state index is 0.225. The molecule has 0 saturated carbocycles. The summed E-state index contributed by atoms with van der Waals surface area (Å²) in [5.41, 5.74) is 4.13. The van der Waals surface area contributed by atoms with Crippen molar-refractivity contribution in [1.29, 1.82) is 0 Å². The number of benzene rings is 2. The normalized spacial score (nSPS) is 12.0. The van der Waals surface area contributed by atoms with Crippen molar-refractivity contribution >= 4 is 0 Å². The number of rotatable bonds is 6. The standard InChI is InChI=1S/C16H19FN2O2/c1-20-14-8-4-3-7-12(14)13(19-18)10-11-6-5-9-15(21-2)16(11)17/h3-9,13,19H,10,18H2,1-2H3. The van der Waals surface area contributed by atoms with E-state index in [4.69, 9.17) is 15.3 Å². The molecule has 2 aromatic carbocycles. The van der Waals surface area contributed by atoms with Crippen LogP contribution in [0.5, 0.6) is 11.5 Å². The maximum atomic E-state index is 14.2. The molecule has 0 heterocycles. The summed E-state index contributed by atoms with van der Waals surface area (Å²) in [6, 6.07) is 12.3. The summed E-state index contributed by atoms with van der Waals surface area (Å²) in [7, 11) is 3.04. The van der Waals surface area contributed by atoms with Crippen molar-refractivity contribution in [3.63, 3.8) is 0 Å². The number of hydrogen-bond acceptors (Lipinski definition) is 4. The fraction of sp³-hybridized carbons (Fsp3) is 0.250. The van der Waals surface area contributed by atoms with Gasteiger partial charge in [-0.1, -0.05) is 30.3 Å². The maximum Gasteiger partial charge on any atom is 0.168 e. The van der Waals surface area contributed by atoms with E-state index >= 15 is 0 Å². The third kappa shape index (κ3) is 3.32. The Bertz CT molecular complexity index is 605. The van der Waals surface area contributed by atoms with Crippen LogP contribution in [0.2, 0.25) is 0 Å². The van der Waals surface area contributed by atoms with Gasteiger partial charge in [0.2, 0.25) is 0 Å². The Morgan fingerprint density at radius 1 is 1.05 bits per heavy atom. The zero-order valence-electron chi connectivity index (χ0n) is 12.1. The van der Waals surface area contributed by atoms with E-state index in [1.165, 1.54) is 7.11 Å². The summed E-state index contributed by atoms with van der Waals surface area (Å²) >= 11 is 0. The van der Waals surface area contributed by atoms with Gasteiger partial charge in [-0.15, -0.1) is 0 Å². The van der Waals surface area contributed by atoms with Crippen molar-refractivity contribution < 1.29 is 13.9 Å². The molecule has 5 heteroatoms. The predicted octanol–water partition coefficient (Wildman–Crippen LogP) is 2.59. The molecule has 0 amide bonds. The lowest BCUT2D eigenvalue weighted by Gasteiger charge is -2.19. The topological polar surface area (TPSA) is 56.5 Å². The molecule has 3 N–H and O–H groups in total.